The molecule has 0 aliphatic heterocycles. The summed E-state index contributed by atoms with van der Waals surface area (Å²) in [7, 11) is 0. The van der Waals surface area contributed by atoms with Crippen molar-refractivity contribution in [2.24, 2.45) is 5.73 Å². The van der Waals surface area contributed by atoms with E-state index in [-0.39, 0.29) is 5.84 Å². The number of nitrogen functional groups attached to an aromatic ring is 1. The van der Waals surface area contributed by atoms with Crippen molar-refractivity contribution in [1.82, 2.24) is 4.98 Å². The van der Waals surface area contributed by atoms with Crippen LogP contribution in [0.15, 0.2) is 36.7 Å². The highest BCUT2D eigenvalue weighted by atomic mass is 16.5. The van der Waals surface area contributed by atoms with Crippen molar-refractivity contribution >= 4 is 5.84 Å². The Hall–Kier alpha value is -2.56. The molecule has 5 heteroatoms. The summed E-state index contributed by atoms with van der Waals surface area (Å²) in [5.74, 6) is 1.22. The SMILES string of the molecule is CCOc1cc(C(=N)N)ccc1OCc1cncc(C)c1. The van der Waals surface area contributed by atoms with Crippen molar-refractivity contribution in [3.8, 4) is 11.5 Å². The maximum absolute atomic E-state index is 7.47. The van der Waals surface area contributed by atoms with Gasteiger partial charge in [-0.05, 0) is 43.7 Å². The summed E-state index contributed by atoms with van der Waals surface area (Å²) in [6.45, 7) is 4.82. The second-order valence-electron chi connectivity index (χ2n) is 4.67. The molecule has 3 N–H and O–H groups in total. The van der Waals surface area contributed by atoms with Gasteiger partial charge in [0.25, 0.3) is 0 Å². The summed E-state index contributed by atoms with van der Waals surface area (Å²) < 4.78 is 11.3. The van der Waals surface area contributed by atoms with Gasteiger partial charge in [-0.25, -0.2) is 0 Å². The Labute approximate surface area is 124 Å². The number of hydrogen-bond acceptors (Lipinski definition) is 4. The van der Waals surface area contributed by atoms with Crippen LogP contribution in [-0.2, 0) is 6.61 Å². The third-order valence-electron chi connectivity index (χ3n) is 2.88. The number of rotatable bonds is 6. The Morgan fingerprint density at radius 3 is 2.67 bits per heavy atom. The molecular formula is C16H19N3O2. The summed E-state index contributed by atoms with van der Waals surface area (Å²) in [5, 5.41) is 7.47. The molecule has 1 aromatic carbocycles. The molecule has 5 nitrogen and oxygen atoms in total. The van der Waals surface area contributed by atoms with Gasteiger partial charge < -0.3 is 15.2 Å². The molecule has 110 valence electrons. The Morgan fingerprint density at radius 1 is 1.19 bits per heavy atom. The molecule has 0 amide bonds. The number of nitrogens with two attached hydrogens (primary N) is 1. The van der Waals surface area contributed by atoms with Gasteiger partial charge in [-0.15, -0.1) is 0 Å². The number of aromatic nitrogens is 1. The zero-order valence-corrected chi connectivity index (χ0v) is 12.2. The van der Waals surface area contributed by atoms with E-state index in [2.05, 4.69) is 4.98 Å². The fraction of sp³-hybridized carbons (Fsp3) is 0.250. The quantitative estimate of drug-likeness (QED) is 0.631. The summed E-state index contributed by atoms with van der Waals surface area (Å²) >= 11 is 0. The normalized spacial score (nSPS) is 10.2. The second-order valence-corrected chi connectivity index (χ2v) is 4.67. The van der Waals surface area contributed by atoms with Gasteiger partial charge in [0, 0.05) is 23.5 Å². The van der Waals surface area contributed by atoms with Crippen LogP contribution in [0.4, 0.5) is 0 Å². The van der Waals surface area contributed by atoms with Gasteiger partial charge in [0.2, 0.25) is 0 Å². The fourth-order valence-corrected chi connectivity index (χ4v) is 1.92. The molecular weight excluding hydrogens is 266 g/mol. The maximum Gasteiger partial charge on any atom is 0.161 e. The number of nitrogens with zero attached hydrogens (tertiary/aromatic N) is 1. The van der Waals surface area contributed by atoms with E-state index in [1.54, 1.807) is 30.6 Å². The molecule has 2 aromatic rings. The Bertz CT molecular complexity index is 641. The van der Waals surface area contributed by atoms with Gasteiger partial charge in [-0.1, -0.05) is 0 Å². The predicted molar refractivity (Wildman–Crippen MR) is 81.9 cm³/mol. The van der Waals surface area contributed by atoms with Crippen LogP contribution in [0, 0.1) is 12.3 Å². The van der Waals surface area contributed by atoms with E-state index in [4.69, 9.17) is 20.6 Å². The van der Waals surface area contributed by atoms with Crippen LogP contribution < -0.4 is 15.2 Å². The van der Waals surface area contributed by atoms with Crippen molar-refractivity contribution in [2.75, 3.05) is 6.61 Å². The molecule has 0 atom stereocenters. The molecule has 2 rings (SSSR count). The van der Waals surface area contributed by atoms with Crippen LogP contribution in [-0.4, -0.2) is 17.4 Å². The maximum atomic E-state index is 7.47. The molecule has 1 aromatic heterocycles. The first kappa shape index (κ1) is 14.8. The van der Waals surface area contributed by atoms with Gasteiger partial charge in [-0.3, -0.25) is 10.4 Å². The highest BCUT2D eigenvalue weighted by molar-refractivity contribution is 5.95. The van der Waals surface area contributed by atoms with E-state index in [0.717, 1.165) is 11.1 Å². The lowest BCUT2D eigenvalue weighted by Crippen LogP contribution is -2.11. The summed E-state index contributed by atoms with van der Waals surface area (Å²) in [4.78, 5) is 4.14. The molecule has 0 spiro atoms. The van der Waals surface area contributed by atoms with Crippen LogP contribution in [0.5, 0.6) is 11.5 Å². The first-order valence-corrected chi connectivity index (χ1v) is 6.74. The third-order valence-corrected chi connectivity index (χ3v) is 2.88. The first-order chi connectivity index (χ1) is 10.1. The number of ether oxygens (including phenoxy) is 2. The monoisotopic (exact) mass is 285 g/mol. The average Bonchev–Trinajstić information content (AvgIpc) is 2.46. The van der Waals surface area contributed by atoms with Crippen molar-refractivity contribution in [1.29, 1.82) is 5.41 Å². The van der Waals surface area contributed by atoms with E-state index < -0.39 is 0 Å². The molecule has 0 aliphatic carbocycles. The average molecular weight is 285 g/mol. The number of aryl methyl sites for hydroxylation is 1. The summed E-state index contributed by atoms with van der Waals surface area (Å²) in [6, 6.07) is 7.26. The molecule has 0 fully saturated rings. The minimum absolute atomic E-state index is 0.00499. The minimum Gasteiger partial charge on any atom is -0.490 e. The lowest BCUT2D eigenvalue weighted by molar-refractivity contribution is 0.269. The van der Waals surface area contributed by atoms with Crippen LogP contribution in [0.2, 0.25) is 0 Å². The zero-order valence-electron chi connectivity index (χ0n) is 12.2. The van der Waals surface area contributed by atoms with Crippen LogP contribution in [0.25, 0.3) is 0 Å². The number of nitrogens with one attached hydrogen (secondary N) is 1. The number of hydrogen-bond donors (Lipinski definition) is 2. The molecule has 0 radical (unpaired) electrons. The Kier molecular flexibility index (Phi) is 4.77. The predicted octanol–water partition coefficient (Wildman–Crippen LogP) is 2.65. The van der Waals surface area contributed by atoms with E-state index >= 15 is 0 Å². The molecule has 1 heterocycles. The van der Waals surface area contributed by atoms with Crippen LogP contribution in [0.1, 0.15) is 23.6 Å². The van der Waals surface area contributed by atoms with E-state index in [1.165, 1.54) is 0 Å². The fourth-order valence-electron chi connectivity index (χ4n) is 1.92. The van der Waals surface area contributed by atoms with Gasteiger partial charge in [0.1, 0.15) is 12.4 Å². The van der Waals surface area contributed by atoms with E-state index in [0.29, 0.717) is 30.3 Å². The van der Waals surface area contributed by atoms with Crippen LogP contribution >= 0.6 is 0 Å². The van der Waals surface area contributed by atoms with Gasteiger partial charge in [-0.2, -0.15) is 0 Å². The largest absolute Gasteiger partial charge is 0.490 e. The molecule has 0 bridgehead atoms. The third kappa shape index (κ3) is 3.95. The summed E-state index contributed by atoms with van der Waals surface area (Å²) in [6.07, 6.45) is 3.58. The van der Waals surface area contributed by atoms with Gasteiger partial charge in [0.05, 0.1) is 6.61 Å². The number of amidine groups is 1. The van der Waals surface area contributed by atoms with Gasteiger partial charge in [0.15, 0.2) is 11.5 Å². The van der Waals surface area contributed by atoms with Crippen LogP contribution in [0.3, 0.4) is 0 Å². The van der Waals surface area contributed by atoms with Crippen molar-refractivity contribution in [3.63, 3.8) is 0 Å². The van der Waals surface area contributed by atoms with Gasteiger partial charge >= 0.3 is 0 Å². The van der Waals surface area contributed by atoms with Crippen molar-refractivity contribution in [3.05, 3.63) is 53.3 Å². The number of benzene rings is 1. The zero-order chi connectivity index (χ0) is 15.2. The highest BCUT2D eigenvalue weighted by Gasteiger charge is 2.08. The van der Waals surface area contributed by atoms with Crippen molar-refractivity contribution in [2.45, 2.75) is 20.5 Å². The Balaban J connectivity index is 2.16. The van der Waals surface area contributed by atoms with E-state index in [9.17, 15) is 0 Å². The first-order valence-electron chi connectivity index (χ1n) is 6.74. The van der Waals surface area contributed by atoms with E-state index in [1.807, 2.05) is 19.9 Å². The molecule has 0 saturated heterocycles. The lowest BCUT2D eigenvalue weighted by atomic mass is 10.2. The lowest BCUT2D eigenvalue weighted by Gasteiger charge is -2.13. The smallest absolute Gasteiger partial charge is 0.161 e. The Morgan fingerprint density at radius 2 is 2.00 bits per heavy atom. The molecule has 0 unspecified atom stereocenters. The number of pyridine rings is 1. The van der Waals surface area contributed by atoms with Crippen molar-refractivity contribution < 1.29 is 9.47 Å². The molecule has 0 aliphatic rings. The topological polar surface area (TPSA) is 81.2 Å². The standard InChI is InChI=1S/C16H19N3O2/c1-3-20-15-7-13(16(17)18)4-5-14(15)21-10-12-6-11(2)8-19-9-12/h4-9H,3,10H2,1-2H3,(H3,17,18). The second kappa shape index (κ2) is 6.74. The highest BCUT2D eigenvalue weighted by Crippen LogP contribution is 2.29. The minimum atomic E-state index is 0.00499. The molecule has 0 saturated carbocycles. The summed E-state index contributed by atoms with van der Waals surface area (Å²) in [5.41, 5.74) is 8.19. The molecule has 21 heavy (non-hydrogen) atoms.